The van der Waals surface area contributed by atoms with Gasteiger partial charge in [0.1, 0.15) is 0 Å². The van der Waals surface area contributed by atoms with E-state index in [1.165, 1.54) is 31.1 Å². The quantitative estimate of drug-likeness (QED) is 0.187. The fourth-order valence-electron chi connectivity index (χ4n) is 4.39. The van der Waals surface area contributed by atoms with E-state index in [0.717, 1.165) is 34.1 Å². The number of rotatable bonds is 8. The molecule has 0 aliphatic rings. The van der Waals surface area contributed by atoms with E-state index in [0.29, 0.717) is 0 Å². The summed E-state index contributed by atoms with van der Waals surface area (Å²) in [7, 11) is 6.78. The zero-order chi connectivity index (χ0) is 25.8. The van der Waals surface area contributed by atoms with Gasteiger partial charge in [0, 0.05) is 0 Å². The molecule has 37 heavy (non-hydrogen) atoms. The minimum atomic E-state index is 0.0493. The molecule has 0 spiro atoms. The summed E-state index contributed by atoms with van der Waals surface area (Å²) in [6, 6.07) is 33.4. The third-order valence-corrected chi connectivity index (χ3v) is 9.07. The molecule has 4 aromatic carbocycles. The summed E-state index contributed by atoms with van der Waals surface area (Å²) < 4.78 is 24.4. The van der Waals surface area contributed by atoms with Crippen molar-refractivity contribution in [3.63, 3.8) is 0 Å². The average molecular weight is 556 g/mol. The predicted molar refractivity (Wildman–Crippen MR) is 151 cm³/mol. The molecule has 1 heterocycles. The van der Waals surface area contributed by atoms with Crippen LogP contribution in [0.2, 0.25) is 0 Å². The Bertz CT molecular complexity index is 1350. The maximum atomic E-state index is 5.45. The number of ether oxygens (including phenoxy) is 4. The topological polar surface area (TPSA) is 36.9 Å². The molecule has 0 saturated heterocycles. The first-order valence-corrected chi connectivity index (χ1v) is 13.6. The van der Waals surface area contributed by atoms with Crippen LogP contribution in [-0.4, -0.2) is 42.9 Å². The average Bonchev–Trinajstić information content (AvgIpc) is 3.38. The zero-order valence-corrected chi connectivity index (χ0v) is 23.0. The summed E-state index contributed by atoms with van der Waals surface area (Å²) >= 11 is 0.0493. The number of hydrogen-bond donors (Lipinski definition) is 0. The summed E-state index contributed by atoms with van der Waals surface area (Å²) in [5.74, 6) is 3.37. The van der Waals surface area contributed by atoms with Gasteiger partial charge in [0.25, 0.3) is 0 Å². The molecular weight excluding hydrogens is 527 g/mol. The first-order valence-electron chi connectivity index (χ1n) is 11.9. The Kier molecular flexibility index (Phi) is 7.36. The number of benzene rings is 4. The molecule has 0 N–H and O–H groups in total. The van der Waals surface area contributed by atoms with Crippen LogP contribution < -0.4 is 18.9 Å². The molecule has 0 bridgehead atoms. The van der Waals surface area contributed by atoms with E-state index in [2.05, 4.69) is 48.5 Å². The Hall–Kier alpha value is -3.92. The van der Waals surface area contributed by atoms with Gasteiger partial charge in [-0.25, -0.2) is 0 Å². The van der Waals surface area contributed by atoms with E-state index in [1.54, 1.807) is 28.4 Å². The molecule has 0 fully saturated rings. The van der Waals surface area contributed by atoms with Crippen molar-refractivity contribution in [3.05, 3.63) is 97.1 Å². The Balaban J connectivity index is 1.81. The second-order valence-electron chi connectivity index (χ2n) is 8.42. The van der Waals surface area contributed by atoms with Gasteiger partial charge in [-0.3, -0.25) is 0 Å². The molecular formula is C32H28O4Se. The van der Waals surface area contributed by atoms with Crippen molar-refractivity contribution in [2.24, 2.45) is 0 Å². The molecule has 0 amide bonds. The van der Waals surface area contributed by atoms with Crippen molar-refractivity contribution >= 4 is 14.5 Å². The van der Waals surface area contributed by atoms with Crippen molar-refractivity contribution in [2.75, 3.05) is 28.4 Å². The zero-order valence-electron chi connectivity index (χ0n) is 21.3. The monoisotopic (exact) mass is 556 g/mol. The van der Waals surface area contributed by atoms with E-state index in [4.69, 9.17) is 18.9 Å². The predicted octanol–water partition coefficient (Wildman–Crippen LogP) is 7.45. The Morgan fingerprint density at radius 1 is 0.351 bits per heavy atom. The third-order valence-electron chi connectivity index (χ3n) is 6.37. The first kappa shape index (κ1) is 24.8. The minimum absolute atomic E-state index is 0.0493. The summed E-state index contributed by atoms with van der Waals surface area (Å²) in [5, 5.41) is 0. The molecule has 0 atom stereocenters. The summed E-state index contributed by atoms with van der Waals surface area (Å²) in [6.45, 7) is 0. The van der Waals surface area contributed by atoms with Gasteiger partial charge in [0.2, 0.25) is 0 Å². The standard InChI is InChI=1S/C32H28O4Se/c1-33-25-13-5-21(6-14-25)29-30(22-7-15-26(34-2)16-8-22)32(24-11-19-28(36-4)20-12-24)37-31(29)23-9-17-27(35-3)18-10-23/h5-20H,1-4H3. The Morgan fingerprint density at radius 3 is 0.838 bits per heavy atom. The first-order chi connectivity index (χ1) is 18.1. The van der Waals surface area contributed by atoms with Gasteiger partial charge in [-0.1, -0.05) is 0 Å². The molecule has 1 aromatic heterocycles. The molecule has 4 nitrogen and oxygen atoms in total. The van der Waals surface area contributed by atoms with Gasteiger partial charge in [-0.2, -0.15) is 0 Å². The van der Waals surface area contributed by atoms with E-state index < -0.39 is 0 Å². The van der Waals surface area contributed by atoms with Crippen molar-refractivity contribution < 1.29 is 18.9 Å². The number of hydrogen-bond acceptors (Lipinski definition) is 4. The van der Waals surface area contributed by atoms with Crippen LogP contribution in [0.25, 0.3) is 42.3 Å². The Labute approximate surface area is 223 Å². The molecule has 0 radical (unpaired) electrons. The Morgan fingerprint density at radius 2 is 0.595 bits per heavy atom. The molecule has 5 heteroatoms. The summed E-state index contributed by atoms with van der Waals surface area (Å²) in [6.07, 6.45) is 0. The molecule has 0 saturated carbocycles. The van der Waals surface area contributed by atoms with E-state index in [9.17, 15) is 0 Å². The molecule has 5 aromatic rings. The van der Waals surface area contributed by atoms with Gasteiger partial charge in [0.15, 0.2) is 0 Å². The maximum absolute atomic E-state index is 5.45. The van der Waals surface area contributed by atoms with Crippen molar-refractivity contribution in [1.82, 2.24) is 0 Å². The van der Waals surface area contributed by atoms with Crippen molar-refractivity contribution in [2.45, 2.75) is 0 Å². The molecule has 5 rings (SSSR count). The third kappa shape index (κ3) is 5.01. The number of methoxy groups -OCH3 is 4. The van der Waals surface area contributed by atoms with Crippen LogP contribution in [0.4, 0.5) is 0 Å². The second kappa shape index (κ2) is 11.0. The van der Waals surface area contributed by atoms with Gasteiger partial charge < -0.3 is 0 Å². The van der Waals surface area contributed by atoms with Crippen LogP contribution >= 0.6 is 0 Å². The van der Waals surface area contributed by atoms with Crippen LogP contribution in [0, 0.1) is 0 Å². The summed E-state index contributed by atoms with van der Waals surface area (Å²) in [5.41, 5.74) is 7.18. The van der Waals surface area contributed by atoms with Crippen molar-refractivity contribution in [3.8, 4) is 65.3 Å². The van der Waals surface area contributed by atoms with Gasteiger partial charge in [-0.05, 0) is 0 Å². The van der Waals surface area contributed by atoms with E-state index in [-0.39, 0.29) is 14.5 Å². The van der Waals surface area contributed by atoms with Crippen LogP contribution in [0.3, 0.4) is 0 Å². The van der Waals surface area contributed by atoms with Crippen LogP contribution in [-0.2, 0) is 0 Å². The second-order valence-corrected chi connectivity index (χ2v) is 10.6. The van der Waals surface area contributed by atoms with Crippen LogP contribution in [0.5, 0.6) is 23.0 Å². The fourth-order valence-corrected chi connectivity index (χ4v) is 7.23. The molecule has 0 aliphatic heterocycles. The van der Waals surface area contributed by atoms with Crippen LogP contribution in [0.1, 0.15) is 0 Å². The van der Waals surface area contributed by atoms with Gasteiger partial charge in [0.05, 0.1) is 0 Å². The molecule has 186 valence electrons. The van der Waals surface area contributed by atoms with Gasteiger partial charge >= 0.3 is 224 Å². The van der Waals surface area contributed by atoms with Crippen molar-refractivity contribution in [1.29, 1.82) is 0 Å². The molecule has 0 aliphatic carbocycles. The van der Waals surface area contributed by atoms with Crippen LogP contribution in [0.15, 0.2) is 97.1 Å². The van der Waals surface area contributed by atoms with E-state index >= 15 is 0 Å². The SMILES string of the molecule is COc1ccc(-c2[se]c(-c3ccc(OC)cc3)c(-c3ccc(OC)cc3)c2-c2ccc(OC)cc2)cc1. The molecule has 0 unspecified atom stereocenters. The van der Waals surface area contributed by atoms with Gasteiger partial charge in [-0.15, -0.1) is 0 Å². The fraction of sp³-hybridized carbons (Fsp3) is 0.125. The normalized spacial score (nSPS) is 10.7. The van der Waals surface area contributed by atoms with E-state index in [1.807, 2.05) is 48.5 Å². The summed E-state index contributed by atoms with van der Waals surface area (Å²) in [4.78, 5) is 0.